The third-order valence-corrected chi connectivity index (χ3v) is 7.68. The predicted octanol–water partition coefficient (Wildman–Crippen LogP) is 5.82. The molecule has 0 amide bonds. The highest BCUT2D eigenvalue weighted by atomic mass is 31.1. The van der Waals surface area contributed by atoms with E-state index >= 15 is 0 Å². The summed E-state index contributed by atoms with van der Waals surface area (Å²) in [6.07, 6.45) is 0. The van der Waals surface area contributed by atoms with Crippen molar-refractivity contribution >= 4 is 25.3 Å². The highest BCUT2D eigenvalue weighted by Crippen LogP contribution is 2.57. The zero-order chi connectivity index (χ0) is 18.8. The molecule has 0 fully saturated rings. The molecule has 2 unspecified atom stereocenters. The van der Waals surface area contributed by atoms with Gasteiger partial charge in [-0.2, -0.15) is 0 Å². The molecule has 0 aliphatic carbocycles. The van der Waals surface area contributed by atoms with Gasteiger partial charge in [0.25, 0.3) is 0 Å². The first-order valence-corrected chi connectivity index (χ1v) is 10.7. The Morgan fingerprint density at radius 2 is 1.78 bits per heavy atom. The molecule has 0 bridgehead atoms. The molecule has 134 valence electrons. The highest BCUT2D eigenvalue weighted by Gasteiger charge is 2.45. The monoisotopic (exact) mass is 369 g/mol. The number of nitrogens with zero attached hydrogens (tertiary/aromatic N) is 1. The van der Waals surface area contributed by atoms with Crippen LogP contribution in [0.1, 0.15) is 48.9 Å². The maximum Gasteiger partial charge on any atom is 0.0660 e. The second-order valence-electron chi connectivity index (χ2n) is 8.69. The number of hydrogen-bond donors (Lipinski definition) is 0. The van der Waals surface area contributed by atoms with Crippen molar-refractivity contribution in [1.29, 1.82) is 0 Å². The summed E-state index contributed by atoms with van der Waals surface area (Å²) in [7, 11) is 0.800. The molecule has 3 atom stereocenters. The van der Waals surface area contributed by atoms with Crippen LogP contribution in [-0.2, 0) is 5.41 Å². The normalized spacial score (nSPS) is 21.0. The molecular formula is C25H24NP. The molecule has 5 rings (SSSR count). The van der Waals surface area contributed by atoms with Crippen molar-refractivity contribution in [1.82, 2.24) is 0 Å². The van der Waals surface area contributed by atoms with E-state index in [0.29, 0.717) is 11.7 Å². The van der Waals surface area contributed by atoms with Crippen LogP contribution in [0.15, 0.2) is 54.6 Å². The van der Waals surface area contributed by atoms with Crippen molar-refractivity contribution in [2.45, 2.75) is 44.8 Å². The number of benzene rings is 2. The average Bonchev–Trinajstić information content (AvgIpc) is 3.17. The van der Waals surface area contributed by atoms with Crippen molar-refractivity contribution < 1.29 is 0 Å². The van der Waals surface area contributed by atoms with Gasteiger partial charge in [-0.05, 0) is 53.3 Å². The number of para-hydroxylation sites is 1. The SMILES string of the molecule is Cc1cccc2c1P[C@@H]1C(c3cc#cc(C(C)(C)C)c3)c3ccccc3N21. The van der Waals surface area contributed by atoms with E-state index in [4.69, 9.17) is 0 Å². The van der Waals surface area contributed by atoms with E-state index in [1.54, 1.807) is 0 Å². The minimum Gasteiger partial charge on any atom is -0.332 e. The van der Waals surface area contributed by atoms with Crippen LogP contribution in [0.4, 0.5) is 11.4 Å². The maximum atomic E-state index is 3.35. The van der Waals surface area contributed by atoms with Crippen LogP contribution in [0.2, 0.25) is 0 Å². The average molecular weight is 369 g/mol. The van der Waals surface area contributed by atoms with Gasteiger partial charge in [0.05, 0.1) is 5.78 Å². The first-order valence-electron chi connectivity index (χ1n) is 9.63. The Balaban J connectivity index is 1.68. The Hall–Kier alpha value is -2.29. The second kappa shape index (κ2) is 5.85. The molecule has 0 saturated heterocycles. The Kier molecular flexibility index (Phi) is 3.65. The number of fused-ring (bicyclic) bond motifs is 5. The van der Waals surface area contributed by atoms with E-state index in [-0.39, 0.29) is 5.41 Å². The third-order valence-electron chi connectivity index (χ3n) is 5.85. The van der Waals surface area contributed by atoms with E-state index in [1.165, 1.54) is 38.9 Å². The molecule has 0 saturated carbocycles. The second-order valence-corrected chi connectivity index (χ2v) is 10.1. The van der Waals surface area contributed by atoms with Crippen LogP contribution in [0.25, 0.3) is 0 Å². The van der Waals surface area contributed by atoms with Crippen molar-refractivity contribution in [3.8, 4) is 0 Å². The van der Waals surface area contributed by atoms with E-state index in [2.05, 4.69) is 99.3 Å². The fraction of sp³-hybridized carbons (Fsp3) is 0.280. The van der Waals surface area contributed by atoms with Crippen LogP contribution in [0.3, 0.4) is 0 Å². The molecule has 2 aliphatic rings. The van der Waals surface area contributed by atoms with E-state index in [1.807, 2.05) is 0 Å². The minimum absolute atomic E-state index is 0.0852. The molecule has 3 aromatic rings. The molecule has 27 heavy (non-hydrogen) atoms. The molecule has 0 N–H and O–H groups in total. The number of aryl methyl sites for hydroxylation is 1. The molecule has 1 nitrogen and oxygen atoms in total. The Labute approximate surface area is 164 Å². The smallest absolute Gasteiger partial charge is 0.0660 e. The maximum absolute atomic E-state index is 3.35. The van der Waals surface area contributed by atoms with Gasteiger partial charge in [-0.3, -0.25) is 0 Å². The van der Waals surface area contributed by atoms with Crippen LogP contribution in [0, 0.1) is 19.1 Å². The summed E-state index contributed by atoms with van der Waals surface area (Å²) < 4.78 is 0. The summed E-state index contributed by atoms with van der Waals surface area (Å²) in [4.78, 5) is 2.59. The van der Waals surface area contributed by atoms with Gasteiger partial charge in [0.1, 0.15) is 0 Å². The lowest BCUT2D eigenvalue weighted by Gasteiger charge is -2.24. The molecule has 0 radical (unpaired) electrons. The van der Waals surface area contributed by atoms with Gasteiger partial charge < -0.3 is 4.90 Å². The molecule has 2 heteroatoms. The standard InChI is InChI=1S/C25H24NP/c1-16-9-7-14-21-23(16)27-24-22(19-12-5-6-13-20(19)26(21)24)17-10-8-11-18(15-17)25(2,3)4/h5-7,9-10,12-15,22,24,27H,1-4H3/t22?,24-/m1/s1. The lowest BCUT2D eigenvalue weighted by molar-refractivity contribution is 0.589. The van der Waals surface area contributed by atoms with Gasteiger partial charge in [-0.15, -0.1) is 0 Å². The zero-order valence-electron chi connectivity index (χ0n) is 16.3. The topological polar surface area (TPSA) is 3.24 Å². The highest BCUT2D eigenvalue weighted by molar-refractivity contribution is 7.49. The number of anilines is 2. The van der Waals surface area contributed by atoms with Crippen molar-refractivity contribution in [2.24, 2.45) is 0 Å². The van der Waals surface area contributed by atoms with Crippen LogP contribution >= 0.6 is 8.58 Å². The number of hydrogen-bond acceptors (Lipinski definition) is 1. The van der Waals surface area contributed by atoms with Gasteiger partial charge in [0.15, 0.2) is 0 Å². The Bertz CT molecular complexity index is 1030. The van der Waals surface area contributed by atoms with Gasteiger partial charge in [0, 0.05) is 28.2 Å². The van der Waals surface area contributed by atoms with Gasteiger partial charge in [0.2, 0.25) is 0 Å². The van der Waals surface area contributed by atoms with Crippen molar-refractivity contribution in [3.05, 3.63) is 89.0 Å². The lowest BCUT2D eigenvalue weighted by Crippen LogP contribution is -2.22. The van der Waals surface area contributed by atoms with Gasteiger partial charge in [-0.25, -0.2) is 0 Å². The van der Waals surface area contributed by atoms with Crippen molar-refractivity contribution in [2.75, 3.05) is 4.90 Å². The van der Waals surface area contributed by atoms with Gasteiger partial charge >= 0.3 is 0 Å². The summed E-state index contributed by atoms with van der Waals surface area (Å²) >= 11 is 0. The molecule has 2 heterocycles. The largest absolute Gasteiger partial charge is 0.332 e. The summed E-state index contributed by atoms with van der Waals surface area (Å²) in [6.45, 7) is 9.00. The first kappa shape index (κ1) is 16.9. The van der Waals surface area contributed by atoms with Crippen molar-refractivity contribution in [3.63, 3.8) is 0 Å². The first-order chi connectivity index (χ1) is 12.9. The van der Waals surface area contributed by atoms with Crippen LogP contribution < -0.4 is 10.2 Å². The van der Waals surface area contributed by atoms with E-state index < -0.39 is 0 Å². The lowest BCUT2D eigenvalue weighted by atomic mass is 9.84. The Morgan fingerprint density at radius 3 is 2.59 bits per heavy atom. The molecular weight excluding hydrogens is 345 g/mol. The Morgan fingerprint density at radius 1 is 1.00 bits per heavy atom. The van der Waals surface area contributed by atoms with E-state index in [0.717, 1.165) is 8.58 Å². The quantitative estimate of drug-likeness (QED) is 0.489. The van der Waals surface area contributed by atoms with Crippen LogP contribution in [-0.4, -0.2) is 5.78 Å². The summed E-state index contributed by atoms with van der Waals surface area (Å²) in [5, 5.41) is 1.53. The number of rotatable bonds is 1. The third kappa shape index (κ3) is 2.51. The molecule has 0 spiro atoms. The zero-order valence-corrected chi connectivity index (χ0v) is 17.3. The molecule has 0 aromatic heterocycles. The summed E-state index contributed by atoms with van der Waals surface area (Å²) in [6, 6.07) is 26.9. The summed E-state index contributed by atoms with van der Waals surface area (Å²) in [5.41, 5.74) is 8.33. The van der Waals surface area contributed by atoms with Crippen LogP contribution in [0.5, 0.6) is 0 Å². The fourth-order valence-electron chi connectivity index (χ4n) is 4.44. The predicted molar refractivity (Wildman–Crippen MR) is 116 cm³/mol. The van der Waals surface area contributed by atoms with Gasteiger partial charge in [-0.1, -0.05) is 71.8 Å². The van der Waals surface area contributed by atoms with E-state index in [9.17, 15) is 0 Å². The molecule has 3 aromatic carbocycles. The summed E-state index contributed by atoms with van der Waals surface area (Å²) in [5.74, 6) is 0.861. The minimum atomic E-state index is 0.0852. The fourth-order valence-corrected chi connectivity index (χ4v) is 6.35. The molecule has 2 aliphatic heterocycles.